The van der Waals surface area contributed by atoms with E-state index in [0.717, 1.165) is 6.54 Å². The van der Waals surface area contributed by atoms with Crippen LogP contribution in [0.4, 0.5) is 0 Å². The van der Waals surface area contributed by atoms with E-state index in [9.17, 15) is 0 Å². The lowest BCUT2D eigenvalue weighted by atomic mass is 10.0. The number of aryl methyl sites for hydroxylation is 2. The Morgan fingerprint density at radius 1 is 1.11 bits per heavy atom. The second-order valence-electron chi connectivity index (χ2n) is 4.06. The molecule has 0 amide bonds. The molecule has 2 heteroatoms. The van der Waals surface area contributed by atoms with Crippen LogP contribution in [0.25, 0.3) is 10.4 Å². The highest BCUT2D eigenvalue weighted by Gasteiger charge is 2.09. The molecule has 1 N–H and O–H groups in total. The maximum atomic E-state index is 3.23. The fourth-order valence-electron chi connectivity index (χ4n) is 2.00. The van der Waals surface area contributed by atoms with Crippen LogP contribution in [0.1, 0.15) is 29.9 Å². The molecule has 0 atom stereocenters. The van der Waals surface area contributed by atoms with Crippen LogP contribution >= 0.6 is 11.3 Å². The third kappa shape index (κ3) is 3.44. The molecule has 0 saturated carbocycles. The summed E-state index contributed by atoms with van der Waals surface area (Å²) in [7, 11) is 1.99. The summed E-state index contributed by atoms with van der Waals surface area (Å²) in [5.74, 6) is 0. The van der Waals surface area contributed by atoms with Crippen molar-refractivity contribution < 1.29 is 0 Å². The van der Waals surface area contributed by atoms with Gasteiger partial charge in [-0.15, -0.1) is 11.3 Å². The molecule has 2 aromatic rings. The molecule has 0 aliphatic heterocycles. The maximum absolute atomic E-state index is 3.23. The van der Waals surface area contributed by atoms with Crippen LogP contribution in [-0.2, 0) is 6.54 Å². The molecule has 18 heavy (non-hydrogen) atoms. The summed E-state index contributed by atoms with van der Waals surface area (Å²) >= 11 is 1.88. The van der Waals surface area contributed by atoms with Gasteiger partial charge in [0.2, 0.25) is 0 Å². The van der Waals surface area contributed by atoms with Crippen molar-refractivity contribution in [1.29, 1.82) is 0 Å². The third-order valence-corrected chi connectivity index (χ3v) is 3.86. The molecule has 0 radical (unpaired) electrons. The van der Waals surface area contributed by atoms with Gasteiger partial charge in [-0.25, -0.2) is 0 Å². The lowest BCUT2D eigenvalue weighted by Gasteiger charge is -2.08. The summed E-state index contributed by atoms with van der Waals surface area (Å²) in [6.45, 7) is 9.28. The standard InChI is InChI=1S/C14H17NS.C2H6/c1-10-8-11(2)16-14(10)13-7-5-4-6-12(13)9-15-3;1-2/h4-8,15H,9H2,1-3H3;1-2H3. The van der Waals surface area contributed by atoms with E-state index in [1.807, 2.05) is 32.2 Å². The van der Waals surface area contributed by atoms with Gasteiger partial charge in [0, 0.05) is 16.3 Å². The van der Waals surface area contributed by atoms with E-state index >= 15 is 0 Å². The summed E-state index contributed by atoms with van der Waals surface area (Å²) in [4.78, 5) is 2.79. The Morgan fingerprint density at radius 2 is 1.78 bits per heavy atom. The molecular weight excluding hydrogens is 238 g/mol. The first-order valence-corrected chi connectivity index (χ1v) is 7.34. The lowest BCUT2D eigenvalue weighted by Crippen LogP contribution is -2.06. The summed E-state index contributed by atoms with van der Waals surface area (Å²) in [6, 6.07) is 10.9. The zero-order valence-electron chi connectivity index (χ0n) is 12.0. The Kier molecular flexibility index (Phi) is 6.10. The predicted molar refractivity (Wildman–Crippen MR) is 83.3 cm³/mol. The number of hydrogen-bond donors (Lipinski definition) is 1. The fraction of sp³-hybridized carbons (Fsp3) is 0.375. The van der Waals surface area contributed by atoms with Crippen molar-refractivity contribution in [1.82, 2.24) is 5.32 Å². The number of thiophene rings is 1. The van der Waals surface area contributed by atoms with E-state index in [-0.39, 0.29) is 0 Å². The van der Waals surface area contributed by atoms with Crippen molar-refractivity contribution in [3.05, 3.63) is 46.3 Å². The third-order valence-electron chi connectivity index (χ3n) is 2.67. The molecule has 98 valence electrons. The van der Waals surface area contributed by atoms with Crippen molar-refractivity contribution in [3.8, 4) is 10.4 Å². The van der Waals surface area contributed by atoms with E-state index in [2.05, 4.69) is 49.5 Å². The molecule has 0 fully saturated rings. The van der Waals surface area contributed by atoms with Gasteiger partial charge in [-0.05, 0) is 43.7 Å². The van der Waals surface area contributed by atoms with Crippen molar-refractivity contribution in [2.45, 2.75) is 34.2 Å². The second kappa shape index (κ2) is 7.34. The molecule has 0 spiro atoms. The summed E-state index contributed by atoms with van der Waals surface area (Å²) in [5.41, 5.74) is 4.12. The normalized spacial score (nSPS) is 9.83. The van der Waals surface area contributed by atoms with Crippen LogP contribution in [-0.4, -0.2) is 7.05 Å². The molecule has 1 nitrogen and oxygen atoms in total. The van der Waals surface area contributed by atoms with Gasteiger partial charge in [0.25, 0.3) is 0 Å². The number of nitrogens with one attached hydrogen (secondary N) is 1. The summed E-state index contributed by atoms with van der Waals surface area (Å²) in [5, 5.41) is 3.23. The van der Waals surface area contributed by atoms with Gasteiger partial charge in [-0.1, -0.05) is 38.1 Å². The summed E-state index contributed by atoms with van der Waals surface area (Å²) < 4.78 is 0. The molecular formula is C16H23NS. The van der Waals surface area contributed by atoms with Crippen LogP contribution < -0.4 is 5.32 Å². The largest absolute Gasteiger partial charge is 0.316 e. The van der Waals surface area contributed by atoms with Gasteiger partial charge in [-0.3, -0.25) is 0 Å². The first-order chi connectivity index (χ1) is 8.72. The van der Waals surface area contributed by atoms with Crippen LogP contribution in [0.3, 0.4) is 0 Å². The van der Waals surface area contributed by atoms with Gasteiger partial charge in [0.05, 0.1) is 0 Å². The van der Waals surface area contributed by atoms with Crippen molar-refractivity contribution in [2.24, 2.45) is 0 Å². The number of rotatable bonds is 3. The van der Waals surface area contributed by atoms with Crippen LogP contribution in [0, 0.1) is 13.8 Å². The van der Waals surface area contributed by atoms with E-state index < -0.39 is 0 Å². The molecule has 0 bridgehead atoms. The molecule has 0 aliphatic carbocycles. The first-order valence-electron chi connectivity index (χ1n) is 6.52. The van der Waals surface area contributed by atoms with Crippen molar-refractivity contribution in [3.63, 3.8) is 0 Å². The van der Waals surface area contributed by atoms with E-state index in [0.29, 0.717) is 0 Å². The zero-order valence-corrected chi connectivity index (χ0v) is 12.8. The van der Waals surface area contributed by atoms with Crippen molar-refractivity contribution in [2.75, 3.05) is 7.05 Å². The van der Waals surface area contributed by atoms with Crippen molar-refractivity contribution >= 4 is 11.3 Å². The molecule has 0 aliphatic rings. The average Bonchev–Trinajstić information content (AvgIpc) is 2.72. The molecule has 0 unspecified atom stereocenters. The number of benzene rings is 1. The molecule has 1 heterocycles. The van der Waals surface area contributed by atoms with Crippen LogP contribution in [0.15, 0.2) is 30.3 Å². The molecule has 2 rings (SSSR count). The Labute approximate surface area is 115 Å². The zero-order chi connectivity index (χ0) is 13.5. The van der Waals surface area contributed by atoms with Gasteiger partial charge in [0.1, 0.15) is 0 Å². The quantitative estimate of drug-likeness (QED) is 0.838. The highest BCUT2D eigenvalue weighted by atomic mass is 32.1. The Hall–Kier alpha value is -1.12. The van der Waals surface area contributed by atoms with E-state index in [1.165, 1.54) is 26.4 Å². The van der Waals surface area contributed by atoms with E-state index in [1.54, 1.807) is 0 Å². The lowest BCUT2D eigenvalue weighted by molar-refractivity contribution is 0.819. The predicted octanol–water partition coefficient (Wildman–Crippen LogP) is 4.78. The highest BCUT2D eigenvalue weighted by molar-refractivity contribution is 7.15. The van der Waals surface area contributed by atoms with Gasteiger partial charge in [0.15, 0.2) is 0 Å². The molecule has 1 aromatic heterocycles. The van der Waals surface area contributed by atoms with E-state index in [4.69, 9.17) is 0 Å². The minimum Gasteiger partial charge on any atom is -0.316 e. The SMILES string of the molecule is CC.CNCc1ccccc1-c1sc(C)cc1C. The Balaban J connectivity index is 0.000000771. The minimum atomic E-state index is 0.923. The second-order valence-corrected chi connectivity index (χ2v) is 5.31. The highest BCUT2D eigenvalue weighted by Crippen LogP contribution is 2.33. The molecule has 1 aromatic carbocycles. The first kappa shape index (κ1) is 14.9. The van der Waals surface area contributed by atoms with Crippen LogP contribution in [0.5, 0.6) is 0 Å². The maximum Gasteiger partial charge on any atom is 0.0377 e. The average molecular weight is 261 g/mol. The Bertz CT molecular complexity index is 486. The number of hydrogen-bond acceptors (Lipinski definition) is 2. The van der Waals surface area contributed by atoms with Gasteiger partial charge in [-0.2, -0.15) is 0 Å². The monoisotopic (exact) mass is 261 g/mol. The molecule has 0 saturated heterocycles. The fourth-order valence-corrected chi connectivity index (χ4v) is 3.08. The minimum absolute atomic E-state index is 0.923. The topological polar surface area (TPSA) is 12.0 Å². The van der Waals surface area contributed by atoms with Crippen LogP contribution in [0.2, 0.25) is 0 Å². The van der Waals surface area contributed by atoms with Gasteiger partial charge < -0.3 is 5.32 Å². The van der Waals surface area contributed by atoms with Gasteiger partial charge >= 0.3 is 0 Å². The Morgan fingerprint density at radius 3 is 2.33 bits per heavy atom. The summed E-state index contributed by atoms with van der Waals surface area (Å²) in [6.07, 6.45) is 0. The smallest absolute Gasteiger partial charge is 0.0377 e.